The molecule has 104 valence electrons. The highest BCUT2D eigenvalue weighted by Crippen LogP contribution is 2.35. The van der Waals surface area contributed by atoms with Gasteiger partial charge >= 0.3 is 0 Å². The first kappa shape index (κ1) is 13.1. The van der Waals surface area contributed by atoms with Crippen LogP contribution in [-0.2, 0) is 6.42 Å². The smallest absolute Gasteiger partial charge is 0.0416 e. The number of hydrogen-bond donors (Lipinski definition) is 1. The standard InChI is InChI=1S/C16H25N3/c1-2-17-14-11-15-6-7-16(12-14)19(15)10-8-13-5-3-4-9-18-13/h3-5,9,14-17H,2,6-8,10-12H2,1H3. The van der Waals surface area contributed by atoms with Gasteiger partial charge in [0.1, 0.15) is 0 Å². The van der Waals surface area contributed by atoms with Crippen LogP contribution in [0.25, 0.3) is 0 Å². The lowest BCUT2D eigenvalue weighted by molar-refractivity contribution is 0.119. The Morgan fingerprint density at radius 3 is 2.68 bits per heavy atom. The molecule has 0 saturated carbocycles. The Kier molecular flexibility index (Phi) is 4.14. The van der Waals surface area contributed by atoms with Gasteiger partial charge in [-0.25, -0.2) is 0 Å². The summed E-state index contributed by atoms with van der Waals surface area (Å²) >= 11 is 0. The van der Waals surface area contributed by atoms with Crippen LogP contribution >= 0.6 is 0 Å². The highest BCUT2D eigenvalue weighted by Gasteiger charge is 2.39. The molecule has 3 heteroatoms. The molecule has 2 saturated heterocycles. The first-order valence-corrected chi connectivity index (χ1v) is 7.76. The zero-order valence-electron chi connectivity index (χ0n) is 11.9. The Labute approximate surface area is 116 Å². The van der Waals surface area contributed by atoms with Crippen LogP contribution in [0.4, 0.5) is 0 Å². The van der Waals surface area contributed by atoms with Gasteiger partial charge in [-0.05, 0) is 44.4 Å². The lowest BCUT2D eigenvalue weighted by Crippen LogP contribution is -2.49. The molecule has 0 aromatic carbocycles. The van der Waals surface area contributed by atoms with Crippen molar-refractivity contribution in [2.75, 3.05) is 13.1 Å². The van der Waals surface area contributed by atoms with Crippen molar-refractivity contribution in [2.45, 2.75) is 57.2 Å². The summed E-state index contributed by atoms with van der Waals surface area (Å²) in [5.74, 6) is 0. The first-order valence-electron chi connectivity index (χ1n) is 7.76. The van der Waals surface area contributed by atoms with Crippen LogP contribution in [0.5, 0.6) is 0 Å². The van der Waals surface area contributed by atoms with E-state index in [1.165, 1.54) is 37.9 Å². The van der Waals surface area contributed by atoms with Crippen molar-refractivity contribution >= 4 is 0 Å². The third-order valence-electron chi connectivity index (χ3n) is 4.73. The second-order valence-electron chi connectivity index (χ2n) is 5.92. The second-order valence-corrected chi connectivity index (χ2v) is 5.92. The van der Waals surface area contributed by atoms with Crippen molar-refractivity contribution in [2.24, 2.45) is 0 Å². The van der Waals surface area contributed by atoms with Crippen molar-refractivity contribution in [1.29, 1.82) is 0 Å². The summed E-state index contributed by atoms with van der Waals surface area (Å²) in [4.78, 5) is 7.19. The van der Waals surface area contributed by atoms with Crippen LogP contribution < -0.4 is 5.32 Å². The van der Waals surface area contributed by atoms with Gasteiger partial charge in [-0.2, -0.15) is 0 Å². The quantitative estimate of drug-likeness (QED) is 0.879. The molecule has 2 bridgehead atoms. The average Bonchev–Trinajstić information content (AvgIpc) is 2.68. The van der Waals surface area contributed by atoms with E-state index < -0.39 is 0 Å². The normalized spacial score (nSPS) is 30.7. The molecule has 0 amide bonds. The van der Waals surface area contributed by atoms with E-state index in [1.54, 1.807) is 0 Å². The Hall–Kier alpha value is -0.930. The molecule has 1 aromatic rings. The molecule has 0 spiro atoms. The lowest BCUT2D eigenvalue weighted by Gasteiger charge is -2.39. The Morgan fingerprint density at radius 1 is 1.26 bits per heavy atom. The third kappa shape index (κ3) is 2.98. The molecule has 3 nitrogen and oxygen atoms in total. The molecule has 1 aromatic heterocycles. The molecular formula is C16H25N3. The zero-order chi connectivity index (χ0) is 13.1. The summed E-state index contributed by atoms with van der Waals surface area (Å²) in [6.07, 6.45) is 8.48. The molecule has 2 unspecified atom stereocenters. The summed E-state index contributed by atoms with van der Waals surface area (Å²) in [7, 11) is 0. The van der Waals surface area contributed by atoms with Gasteiger partial charge in [0.25, 0.3) is 0 Å². The minimum atomic E-state index is 0.758. The fourth-order valence-electron chi connectivity index (χ4n) is 3.88. The van der Waals surface area contributed by atoms with Gasteiger partial charge in [0, 0.05) is 43.0 Å². The SMILES string of the molecule is CCNC1CC2CCC(C1)N2CCc1ccccn1. The van der Waals surface area contributed by atoms with Crippen LogP contribution in [0, 0.1) is 0 Å². The molecule has 3 heterocycles. The van der Waals surface area contributed by atoms with E-state index in [0.29, 0.717) is 0 Å². The zero-order valence-corrected chi connectivity index (χ0v) is 11.9. The van der Waals surface area contributed by atoms with E-state index in [-0.39, 0.29) is 0 Å². The van der Waals surface area contributed by atoms with Gasteiger partial charge in [-0.15, -0.1) is 0 Å². The number of pyridine rings is 1. The third-order valence-corrected chi connectivity index (χ3v) is 4.73. The summed E-state index contributed by atoms with van der Waals surface area (Å²) in [5, 5.41) is 3.64. The van der Waals surface area contributed by atoms with Crippen molar-refractivity contribution in [1.82, 2.24) is 15.2 Å². The van der Waals surface area contributed by atoms with Crippen LogP contribution in [0.1, 0.15) is 38.3 Å². The highest BCUT2D eigenvalue weighted by molar-refractivity contribution is 5.05. The number of nitrogens with zero attached hydrogens (tertiary/aromatic N) is 2. The molecule has 19 heavy (non-hydrogen) atoms. The Balaban J connectivity index is 1.55. The molecule has 2 atom stereocenters. The van der Waals surface area contributed by atoms with Gasteiger partial charge < -0.3 is 5.32 Å². The van der Waals surface area contributed by atoms with Gasteiger partial charge in [0.05, 0.1) is 0 Å². The van der Waals surface area contributed by atoms with Crippen LogP contribution in [0.3, 0.4) is 0 Å². The number of piperidine rings is 1. The Bertz CT molecular complexity index is 378. The molecule has 1 N–H and O–H groups in total. The summed E-state index contributed by atoms with van der Waals surface area (Å²) in [5.41, 5.74) is 1.23. The van der Waals surface area contributed by atoms with Gasteiger partial charge in [0.2, 0.25) is 0 Å². The predicted molar refractivity (Wildman–Crippen MR) is 78.2 cm³/mol. The topological polar surface area (TPSA) is 28.2 Å². The minimum Gasteiger partial charge on any atom is -0.314 e. The number of fused-ring (bicyclic) bond motifs is 2. The molecule has 2 aliphatic rings. The number of rotatable bonds is 5. The highest BCUT2D eigenvalue weighted by atomic mass is 15.2. The van der Waals surface area contributed by atoms with E-state index in [1.807, 2.05) is 12.3 Å². The van der Waals surface area contributed by atoms with Crippen LogP contribution in [0.15, 0.2) is 24.4 Å². The van der Waals surface area contributed by atoms with Crippen molar-refractivity contribution in [3.63, 3.8) is 0 Å². The van der Waals surface area contributed by atoms with Crippen molar-refractivity contribution in [3.8, 4) is 0 Å². The minimum absolute atomic E-state index is 0.758. The second kappa shape index (κ2) is 6.02. The maximum absolute atomic E-state index is 4.44. The summed E-state index contributed by atoms with van der Waals surface area (Å²) < 4.78 is 0. The van der Waals surface area contributed by atoms with Crippen LogP contribution in [-0.4, -0.2) is 41.1 Å². The van der Waals surface area contributed by atoms with Crippen molar-refractivity contribution < 1.29 is 0 Å². The van der Waals surface area contributed by atoms with Gasteiger partial charge in [-0.1, -0.05) is 13.0 Å². The summed E-state index contributed by atoms with van der Waals surface area (Å²) in [6.45, 7) is 4.51. The number of hydrogen-bond acceptors (Lipinski definition) is 3. The average molecular weight is 259 g/mol. The number of aromatic nitrogens is 1. The Morgan fingerprint density at radius 2 is 2.05 bits per heavy atom. The first-order chi connectivity index (χ1) is 9.36. The largest absolute Gasteiger partial charge is 0.314 e. The maximum atomic E-state index is 4.44. The predicted octanol–water partition coefficient (Wildman–Crippen LogP) is 2.23. The van der Waals surface area contributed by atoms with E-state index >= 15 is 0 Å². The number of nitrogens with one attached hydrogen (secondary N) is 1. The maximum Gasteiger partial charge on any atom is 0.0416 e. The molecule has 2 aliphatic heterocycles. The van der Waals surface area contributed by atoms with Gasteiger partial charge in [0.15, 0.2) is 0 Å². The molecule has 0 aliphatic carbocycles. The van der Waals surface area contributed by atoms with E-state index in [2.05, 4.69) is 34.3 Å². The van der Waals surface area contributed by atoms with Gasteiger partial charge in [-0.3, -0.25) is 9.88 Å². The fraction of sp³-hybridized carbons (Fsp3) is 0.688. The van der Waals surface area contributed by atoms with E-state index in [0.717, 1.165) is 31.1 Å². The lowest BCUT2D eigenvalue weighted by atomic mass is 9.97. The molecule has 0 radical (unpaired) electrons. The molecular weight excluding hydrogens is 234 g/mol. The van der Waals surface area contributed by atoms with Crippen molar-refractivity contribution in [3.05, 3.63) is 30.1 Å². The van der Waals surface area contributed by atoms with Crippen LogP contribution in [0.2, 0.25) is 0 Å². The summed E-state index contributed by atoms with van der Waals surface area (Å²) in [6, 6.07) is 8.61. The molecule has 3 rings (SSSR count). The monoisotopic (exact) mass is 259 g/mol. The fourth-order valence-corrected chi connectivity index (χ4v) is 3.88. The van der Waals surface area contributed by atoms with E-state index in [9.17, 15) is 0 Å². The van der Waals surface area contributed by atoms with E-state index in [4.69, 9.17) is 0 Å². The molecule has 2 fully saturated rings.